The molecule has 3 aromatic rings. The van der Waals surface area contributed by atoms with Gasteiger partial charge in [0.1, 0.15) is 18.8 Å². The summed E-state index contributed by atoms with van der Waals surface area (Å²) in [5, 5.41) is 10.8. The molecule has 1 aliphatic heterocycles. The van der Waals surface area contributed by atoms with Crippen molar-refractivity contribution >= 4 is 11.9 Å². The van der Waals surface area contributed by atoms with Crippen LogP contribution in [0, 0.1) is 0 Å². The highest BCUT2D eigenvalue weighted by Gasteiger charge is 2.48. The maximum atomic E-state index is 12.6. The second kappa shape index (κ2) is 9.63. The summed E-state index contributed by atoms with van der Waals surface area (Å²) in [7, 11) is 0. The first-order valence-corrected chi connectivity index (χ1v) is 10.1. The number of H-pyrrole nitrogens is 1. The van der Waals surface area contributed by atoms with Crippen LogP contribution in [0.4, 0.5) is 0 Å². The Labute approximate surface area is 187 Å². The number of rotatable bonds is 6. The number of ether oxygens (including phenoxy) is 3. The van der Waals surface area contributed by atoms with Gasteiger partial charge >= 0.3 is 17.6 Å². The summed E-state index contributed by atoms with van der Waals surface area (Å²) in [6.45, 7) is -0.355. The molecule has 2 N–H and O–H groups in total. The number of hydrogen-bond donors (Lipinski definition) is 2. The lowest BCUT2D eigenvalue weighted by Crippen LogP contribution is -2.40. The fourth-order valence-corrected chi connectivity index (χ4v) is 3.44. The summed E-state index contributed by atoms with van der Waals surface area (Å²) in [5.41, 5.74) is -0.887. The van der Waals surface area contributed by atoms with Crippen LogP contribution < -0.4 is 11.2 Å². The zero-order chi connectivity index (χ0) is 23.4. The first kappa shape index (κ1) is 22.2. The average Bonchev–Trinajstić information content (AvgIpc) is 3.13. The molecule has 0 saturated carbocycles. The summed E-state index contributed by atoms with van der Waals surface area (Å²) < 4.78 is 17.5. The summed E-state index contributed by atoms with van der Waals surface area (Å²) >= 11 is 0. The van der Waals surface area contributed by atoms with Crippen LogP contribution in [0.3, 0.4) is 0 Å². The molecule has 10 heteroatoms. The first-order chi connectivity index (χ1) is 15.9. The molecule has 1 aliphatic rings. The van der Waals surface area contributed by atoms with Crippen LogP contribution in [-0.4, -0.2) is 51.5 Å². The lowest BCUT2D eigenvalue weighted by molar-refractivity contribution is -0.0614. The quantitative estimate of drug-likeness (QED) is 0.526. The van der Waals surface area contributed by atoms with E-state index in [1.807, 2.05) is 0 Å². The van der Waals surface area contributed by atoms with E-state index in [4.69, 9.17) is 14.2 Å². The highest BCUT2D eigenvalue weighted by molar-refractivity contribution is 5.90. The topological polar surface area (TPSA) is 137 Å². The van der Waals surface area contributed by atoms with Crippen LogP contribution >= 0.6 is 0 Å². The van der Waals surface area contributed by atoms with E-state index in [0.717, 1.165) is 16.8 Å². The van der Waals surface area contributed by atoms with Gasteiger partial charge in [-0.1, -0.05) is 36.4 Å². The molecule has 2 unspecified atom stereocenters. The largest absolute Gasteiger partial charge is 0.459 e. The minimum absolute atomic E-state index is 0.245. The third-order valence-electron chi connectivity index (χ3n) is 5.08. The van der Waals surface area contributed by atoms with Crippen molar-refractivity contribution in [3.8, 4) is 0 Å². The lowest BCUT2D eigenvalue weighted by atomic mass is 10.1. The Bertz CT molecular complexity index is 1240. The fraction of sp³-hybridized carbons (Fsp3) is 0.217. The lowest BCUT2D eigenvalue weighted by Gasteiger charge is -2.20. The molecule has 2 aromatic carbocycles. The number of aliphatic hydroxyl groups is 1. The number of esters is 2. The van der Waals surface area contributed by atoms with Gasteiger partial charge in [-0.3, -0.25) is 14.3 Å². The normalized spacial score (nSPS) is 22.0. The van der Waals surface area contributed by atoms with Crippen LogP contribution in [0.2, 0.25) is 0 Å². The summed E-state index contributed by atoms with van der Waals surface area (Å²) in [5.74, 6) is -1.36. The SMILES string of the molecule is O=C(OC[C@@H]1O[C@H](n2ccc(=O)[nH]c2=O)C(O)C1OC(=O)c1ccccc1)c1ccccc1. The Morgan fingerprint density at radius 3 is 2.15 bits per heavy atom. The first-order valence-electron chi connectivity index (χ1n) is 10.1. The van der Waals surface area contributed by atoms with E-state index in [-0.39, 0.29) is 12.2 Å². The van der Waals surface area contributed by atoms with Crippen LogP contribution in [0.1, 0.15) is 26.9 Å². The van der Waals surface area contributed by atoms with Gasteiger partial charge in [-0.25, -0.2) is 14.4 Å². The Balaban J connectivity index is 1.56. The van der Waals surface area contributed by atoms with E-state index in [1.54, 1.807) is 60.7 Å². The van der Waals surface area contributed by atoms with E-state index < -0.39 is 47.7 Å². The Morgan fingerprint density at radius 2 is 1.55 bits per heavy atom. The van der Waals surface area contributed by atoms with Crippen molar-refractivity contribution in [1.29, 1.82) is 0 Å². The second-order valence-corrected chi connectivity index (χ2v) is 7.27. The molecule has 170 valence electrons. The molecule has 1 aromatic heterocycles. The fourth-order valence-electron chi connectivity index (χ4n) is 3.44. The van der Waals surface area contributed by atoms with Gasteiger partial charge in [0.15, 0.2) is 12.3 Å². The molecule has 1 saturated heterocycles. The van der Waals surface area contributed by atoms with E-state index in [9.17, 15) is 24.3 Å². The van der Waals surface area contributed by atoms with Crippen molar-refractivity contribution in [2.45, 2.75) is 24.5 Å². The van der Waals surface area contributed by atoms with Gasteiger partial charge in [-0.2, -0.15) is 0 Å². The van der Waals surface area contributed by atoms with E-state index in [2.05, 4.69) is 4.98 Å². The molecule has 4 atom stereocenters. The maximum absolute atomic E-state index is 12.6. The molecule has 0 amide bonds. The van der Waals surface area contributed by atoms with Crippen molar-refractivity contribution in [1.82, 2.24) is 9.55 Å². The minimum Gasteiger partial charge on any atom is -0.459 e. The van der Waals surface area contributed by atoms with Crippen molar-refractivity contribution < 1.29 is 28.9 Å². The zero-order valence-corrected chi connectivity index (χ0v) is 17.2. The van der Waals surface area contributed by atoms with Gasteiger partial charge < -0.3 is 19.3 Å². The third-order valence-corrected chi connectivity index (χ3v) is 5.08. The van der Waals surface area contributed by atoms with E-state index in [1.165, 1.54) is 0 Å². The number of aromatic amines is 1. The van der Waals surface area contributed by atoms with Crippen LogP contribution in [0.25, 0.3) is 0 Å². The smallest absolute Gasteiger partial charge is 0.338 e. The van der Waals surface area contributed by atoms with Gasteiger partial charge in [-0.05, 0) is 24.3 Å². The van der Waals surface area contributed by atoms with E-state index >= 15 is 0 Å². The van der Waals surface area contributed by atoms with Crippen molar-refractivity contribution in [2.24, 2.45) is 0 Å². The van der Waals surface area contributed by atoms with Gasteiger partial charge in [0.25, 0.3) is 5.56 Å². The Hall–Kier alpha value is -4.02. The number of carbonyl (C=O) groups excluding carboxylic acids is 2. The molecule has 33 heavy (non-hydrogen) atoms. The number of aliphatic hydroxyl groups excluding tert-OH is 1. The average molecular weight is 452 g/mol. The highest BCUT2D eigenvalue weighted by Crippen LogP contribution is 2.31. The molecule has 1 fully saturated rings. The molecule has 4 rings (SSSR count). The monoisotopic (exact) mass is 452 g/mol. The summed E-state index contributed by atoms with van der Waals surface area (Å²) in [6, 6.07) is 17.5. The number of aromatic nitrogens is 2. The molecule has 0 bridgehead atoms. The number of carbonyl (C=O) groups is 2. The van der Waals surface area contributed by atoms with Gasteiger partial charge in [0.2, 0.25) is 0 Å². The minimum atomic E-state index is -1.48. The molecule has 0 spiro atoms. The van der Waals surface area contributed by atoms with E-state index in [0.29, 0.717) is 5.56 Å². The Kier molecular flexibility index (Phi) is 6.48. The van der Waals surface area contributed by atoms with Gasteiger partial charge in [-0.15, -0.1) is 0 Å². The number of benzene rings is 2. The van der Waals surface area contributed by atoms with Crippen LogP contribution in [0.15, 0.2) is 82.5 Å². The highest BCUT2D eigenvalue weighted by atomic mass is 16.6. The molecular weight excluding hydrogens is 432 g/mol. The maximum Gasteiger partial charge on any atom is 0.338 e. The number of nitrogens with one attached hydrogen (secondary N) is 1. The Morgan fingerprint density at radius 1 is 0.939 bits per heavy atom. The molecule has 2 heterocycles. The number of hydrogen-bond acceptors (Lipinski definition) is 8. The second-order valence-electron chi connectivity index (χ2n) is 7.27. The molecular formula is C23H20N2O8. The molecule has 0 aliphatic carbocycles. The van der Waals surface area contributed by atoms with Crippen molar-refractivity contribution in [2.75, 3.05) is 6.61 Å². The van der Waals surface area contributed by atoms with Gasteiger partial charge in [0, 0.05) is 12.3 Å². The standard InChI is InChI=1S/C23H20N2O8/c26-17-11-12-25(23(30)24-17)20-18(27)19(33-22(29)15-9-5-2-6-10-15)16(32-20)13-31-21(28)14-7-3-1-4-8-14/h1-12,16,18-20,27H,13H2,(H,24,26,30)/t16-,18?,19?,20-/m0/s1. The van der Waals surface area contributed by atoms with Crippen LogP contribution in [0.5, 0.6) is 0 Å². The van der Waals surface area contributed by atoms with Crippen molar-refractivity contribution in [3.63, 3.8) is 0 Å². The molecule has 0 radical (unpaired) electrons. The zero-order valence-electron chi connectivity index (χ0n) is 17.2. The van der Waals surface area contributed by atoms with Crippen molar-refractivity contribution in [3.05, 3.63) is 105 Å². The third kappa shape index (κ3) is 4.92. The number of nitrogens with zero attached hydrogens (tertiary/aromatic N) is 1. The molecule has 10 nitrogen and oxygen atoms in total. The van der Waals surface area contributed by atoms with Crippen LogP contribution in [-0.2, 0) is 14.2 Å². The predicted molar refractivity (Wildman–Crippen MR) is 114 cm³/mol. The summed E-state index contributed by atoms with van der Waals surface area (Å²) in [6.07, 6.45) is -3.96. The van der Waals surface area contributed by atoms with Gasteiger partial charge in [0.05, 0.1) is 11.1 Å². The predicted octanol–water partition coefficient (Wildman–Crippen LogP) is 0.878. The summed E-state index contributed by atoms with van der Waals surface area (Å²) in [4.78, 5) is 50.6.